The first-order chi connectivity index (χ1) is 14.1. The predicted octanol–water partition coefficient (Wildman–Crippen LogP) is 4.44. The Morgan fingerprint density at radius 3 is 2.48 bits per heavy atom. The molecule has 152 valence electrons. The predicted molar refractivity (Wildman–Crippen MR) is 114 cm³/mol. The van der Waals surface area contributed by atoms with E-state index in [9.17, 15) is 0 Å². The molecule has 2 aromatic carbocycles. The topological polar surface area (TPSA) is 37.3 Å². The van der Waals surface area contributed by atoms with Gasteiger partial charge in [-0.3, -0.25) is 0 Å². The maximum atomic E-state index is 6.70. The van der Waals surface area contributed by atoms with E-state index in [1.807, 2.05) is 12.1 Å². The summed E-state index contributed by atoms with van der Waals surface area (Å²) in [6.45, 7) is 6.62. The van der Waals surface area contributed by atoms with Crippen molar-refractivity contribution in [2.75, 3.05) is 20.2 Å². The van der Waals surface area contributed by atoms with E-state index in [2.05, 4.69) is 60.2 Å². The van der Waals surface area contributed by atoms with E-state index in [1.54, 1.807) is 7.11 Å². The van der Waals surface area contributed by atoms with Gasteiger partial charge in [-0.05, 0) is 49.7 Å². The van der Waals surface area contributed by atoms with Gasteiger partial charge in [0.1, 0.15) is 11.5 Å². The summed E-state index contributed by atoms with van der Waals surface area (Å²) in [4.78, 5) is 2.54. The summed E-state index contributed by atoms with van der Waals surface area (Å²) in [5, 5.41) is 7.43. The third kappa shape index (κ3) is 3.08. The van der Waals surface area contributed by atoms with Crippen LogP contribution in [0.1, 0.15) is 50.3 Å². The van der Waals surface area contributed by atoms with Gasteiger partial charge in [-0.2, -0.15) is 5.10 Å². The highest BCUT2D eigenvalue weighted by Gasteiger charge is 2.51. The molecule has 1 spiro atoms. The second kappa shape index (κ2) is 7.06. The molecule has 3 aliphatic rings. The molecule has 3 aliphatic heterocycles. The second-order valence-electron chi connectivity index (χ2n) is 8.56. The van der Waals surface area contributed by atoms with Crippen molar-refractivity contribution in [3.63, 3.8) is 0 Å². The van der Waals surface area contributed by atoms with Crippen LogP contribution in [0.5, 0.6) is 11.5 Å². The number of benzene rings is 2. The van der Waals surface area contributed by atoms with Crippen molar-refractivity contribution >= 4 is 5.71 Å². The van der Waals surface area contributed by atoms with Gasteiger partial charge in [-0.25, -0.2) is 5.01 Å². The van der Waals surface area contributed by atoms with E-state index in [1.165, 1.54) is 5.56 Å². The van der Waals surface area contributed by atoms with E-state index in [0.29, 0.717) is 6.04 Å². The number of likely N-dealkylation sites (tertiary alicyclic amines) is 1. The molecule has 1 saturated heterocycles. The largest absolute Gasteiger partial charge is 0.497 e. The lowest BCUT2D eigenvalue weighted by molar-refractivity contribution is -0.152. The number of fused-ring (bicyclic) bond motifs is 4. The fraction of sp³-hybridized carbons (Fsp3) is 0.458. The van der Waals surface area contributed by atoms with Crippen molar-refractivity contribution in [1.29, 1.82) is 0 Å². The van der Waals surface area contributed by atoms with Gasteiger partial charge in [0.05, 0.1) is 18.9 Å². The minimum atomic E-state index is -0.349. The first-order valence-corrected chi connectivity index (χ1v) is 10.6. The zero-order valence-corrected chi connectivity index (χ0v) is 17.5. The quantitative estimate of drug-likeness (QED) is 0.775. The SMILES string of the molecule is COc1ccc(C2=NN3[C@H](C2)c2ccccc2OC32CCN(C(C)C)CC2)cc1. The van der Waals surface area contributed by atoms with Gasteiger partial charge in [0, 0.05) is 44.0 Å². The molecule has 2 aromatic rings. The van der Waals surface area contributed by atoms with E-state index in [4.69, 9.17) is 14.6 Å². The van der Waals surface area contributed by atoms with Gasteiger partial charge in [0.25, 0.3) is 0 Å². The first kappa shape index (κ1) is 18.5. The Bertz CT molecular complexity index is 914. The number of hydrogen-bond donors (Lipinski definition) is 0. The van der Waals surface area contributed by atoms with Crippen molar-refractivity contribution in [3.8, 4) is 11.5 Å². The highest BCUT2D eigenvalue weighted by atomic mass is 16.5. The van der Waals surface area contributed by atoms with Crippen LogP contribution in [0.3, 0.4) is 0 Å². The number of rotatable bonds is 3. The Morgan fingerprint density at radius 2 is 1.79 bits per heavy atom. The Labute approximate surface area is 172 Å². The molecule has 0 amide bonds. The molecule has 1 atom stereocenters. The number of hydrogen-bond acceptors (Lipinski definition) is 5. The average molecular weight is 392 g/mol. The van der Waals surface area contributed by atoms with Gasteiger partial charge in [-0.15, -0.1) is 0 Å². The molecule has 0 bridgehead atoms. The van der Waals surface area contributed by atoms with Gasteiger partial charge < -0.3 is 14.4 Å². The molecular formula is C24H29N3O2. The highest BCUT2D eigenvalue weighted by molar-refractivity contribution is 6.02. The van der Waals surface area contributed by atoms with Crippen LogP contribution in [-0.2, 0) is 0 Å². The molecule has 5 heteroatoms. The maximum Gasteiger partial charge on any atom is 0.200 e. The van der Waals surface area contributed by atoms with Crippen molar-refractivity contribution in [3.05, 3.63) is 59.7 Å². The molecule has 5 nitrogen and oxygen atoms in total. The fourth-order valence-corrected chi connectivity index (χ4v) is 4.91. The van der Waals surface area contributed by atoms with Crippen LogP contribution < -0.4 is 9.47 Å². The van der Waals surface area contributed by atoms with Crippen LogP contribution in [0.2, 0.25) is 0 Å². The standard InChI is InChI=1S/C24H29N3O2/c1-17(2)26-14-12-24(13-15-26)27-22(20-6-4-5-7-23(20)29-24)16-21(25-27)18-8-10-19(28-3)11-9-18/h4-11,17,22H,12-16H2,1-3H3/t22-/m1/s1. The Morgan fingerprint density at radius 1 is 1.07 bits per heavy atom. The lowest BCUT2D eigenvalue weighted by Gasteiger charge is -2.51. The van der Waals surface area contributed by atoms with E-state index in [-0.39, 0.29) is 11.8 Å². The molecule has 3 heterocycles. The van der Waals surface area contributed by atoms with E-state index < -0.39 is 0 Å². The van der Waals surface area contributed by atoms with E-state index in [0.717, 1.165) is 55.1 Å². The summed E-state index contributed by atoms with van der Waals surface area (Å²) in [6.07, 6.45) is 2.84. The number of nitrogens with zero attached hydrogens (tertiary/aromatic N) is 3. The Balaban J connectivity index is 1.51. The van der Waals surface area contributed by atoms with Crippen LogP contribution in [-0.4, -0.2) is 47.6 Å². The summed E-state index contributed by atoms with van der Waals surface area (Å²) >= 11 is 0. The normalized spacial score (nSPS) is 22.8. The Kier molecular flexibility index (Phi) is 4.50. The van der Waals surface area contributed by atoms with Crippen LogP contribution in [0.15, 0.2) is 53.6 Å². The van der Waals surface area contributed by atoms with Crippen molar-refractivity contribution in [1.82, 2.24) is 9.91 Å². The molecule has 0 aromatic heterocycles. The fourth-order valence-electron chi connectivity index (χ4n) is 4.91. The molecule has 0 aliphatic carbocycles. The van der Waals surface area contributed by atoms with Crippen LogP contribution in [0, 0.1) is 0 Å². The zero-order valence-electron chi connectivity index (χ0n) is 17.5. The third-order valence-corrected chi connectivity index (χ3v) is 6.64. The minimum absolute atomic E-state index is 0.239. The summed E-state index contributed by atoms with van der Waals surface area (Å²) in [7, 11) is 1.70. The monoisotopic (exact) mass is 391 g/mol. The average Bonchev–Trinajstić information content (AvgIpc) is 3.21. The number of methoxy groups -OCH3 is 1. The number of para-hydroxylation sites is 1. The first-order valence-electron chi connectivity index (χ1n) is 10.6. The minimum Gasteiger partial charge on any atom is -0.497 e. The molecule has 5 rings (SSSR count). The van der Waals surface area contributed by atoms with Crippen LogP contribution >= 0.6 is 0 Å². The maximum absolute atomic E-state index is 6.70. The molecule has 0 saturated carbocycles. The summed E-state index contributed by atoms with van der Waals surface area (Å²) in [5.41, 5.74) is 3.19. The third-order valence-electron chi connectivity index (χ3n) is 6.64. The zero-order chi connectivity index (χ0) is 20.0. The Hall–Kier alpha value is -2.53. The summed E-state index contributed by atoms with van der Waals surface area (Å²) < 4.78 is 12.0. The lowest BCUT2D eigenvalue weighted by Crippen LogP contribution is -2.59. The van der Waals surface area contributed by atoms with Crippen LogP contribution in [0.4, 0.5) is 0 Å². The van der Waals surface area contributed by atoms with E-state index >= 15 is 0 Å². The van der Waals surface area contributed by atoms with Gasteiger partial charge in [0.15, 0.2) is 0 Å². The molecular weight excluding hydrogens is 362 g/mol. The van der Waals surface area contributed by atoms with Gasteiger partial charge in [0.2, 0.25) is 5.72 Å². The second-order valence-corrected chi connectivity index (χ2v) is 8.56. The van der Waals surface area contributed by atoms with Crippen molar-refractivity contribution in [2.24, 2.45) is 5.10 Å². The molecule has 0 N–H and O–H groups in total. The lowest BCUT2D eigenvalue weighted by atomic mass is 9.90. The van der Waals surface area contributed by atoms with Crippen molar-refractivity contribution in [2.45, 2.75) is 50.9 Å². The smallest absolute Gasteiger partial charge is 0.200 e. The summed E-state index contributed by atoms with van der Waals surface area (Å²) in [6, 6.07) is 17.5. The van der Waals surface area contributed by atoms with Crippen LogP contribution in [0.25, 0.3) is 0 Å². The number of hydrazone groups is 1. The van der Waals surface area contributed by atoms with Crippen molar-refractivity contribution < 1.29 is 9.47 Å². The highest BCUT2D eigenvalue weighted by Crippen LogP contribution is 2.50. The van der Waals surface area contributed by atoms with Gasteiger partial charge in [-0.1, -0.05) is 18.2 Å². The number of ether oxygens (including phenoxy) is 2. The van der Waals surface area contributed by atoms with Gasteiger partial charge >= 0.3 is 0 Å². The molecule has 29 heavy (non-hydrogen) atoms. The molecule has 1 fully saturated rings. The molecule has 0 unspecified atom stereocenters. The summed E-state index contributed by atoms with van der Waals surface area (Å²) in [5.74, 6) is 1.90. The molecule has 0 radical (unpaired) electrons. The number of piperidine rings is 1.